The molecular formula is C75H141NO5. The number of allylic oxidation sites excluding steroid dienone is 7. The third-order valence-electron chi connectivity index (χ3n) is 16.8. The maximum atomic E-state index is 12.5. The summed E-state index contributed by atoms with van der Waals surface area (Å²) in [6, 6.07) is -0.629. The summed E-state index contributed by atoms with van der Waals surface area (Å²) in [6.07, 6.45) is 91.9. The van der Waals surface area contributed by atoms with E-state index >= 15 is 0 Å². The minimum absolute atomic E-state index is 0.00839. The van der Waals surface area contributed by atoms with Crippen LogP contribution < -0.4 is 5.32 Å². The van der Waals surface area contributed by atoms with E-state index in [1.807, 2.05) is 6.08 Å². The van der Waals surface area contributed by atoms with Gasteiger partial charge in [0.05, 0.1) is 25.4 Å². The summed E-state index contributed by atoms with van der Waals surface area (Å²) in [7, 11) is 0. The van der Waals surface area contributed by atoms with E-state index in [9.17, 15) is 19.8 Å². The Morgan fingerprint density at radius 2 is 0.617 bits per heavy atom. The molecule has 2 atom stereocenters. The molecule has 2 unspecified atom stereocenters. The summed E-state index contributed by atoms with van der Waals surface area (Å²) in [5, 5.41) is 23.2. The van der Waals surface area contributed by atoms with Crippen molar-refractivity contribution in [2.75, 3.05) is 13.2 Å². The molecule has 0 saturated heterocycles. The number of esters is 1. The quantitative estimate of drug-likeness (QED) is 0.0320. The number of carbonyl (C=O) groups is 2. The molecule has 0 bridgehead atoms. The molecule has 3 N–H and O–H groups in total. The fourth-order valence-electron chi connectivity index (χ4n) is 11.3. The van der Waals surface area contributed by atoms with E-state index in [-0.39, 0.29) is 18.5 Å². The average Bonchev–Trinajstić information content (AvgIpc) is 3.47. The smallest absolute Gasteiger partial charge is 0.305 e. The Bertz CT molecular complexity index is 1360. The first-order chi connectivity index (χ1) is 40.0. The summed E-state index contributed by atoms with van der Waals surface area (Å²) in [5.41, 5.74) is 0. The maximum absolute atomic E-state index is 12.5. The number of hydrogen-bond acceptors (Lipinski definition) is 5. The maximum Gasteiger partial charge on any atom is 0.305 e. The standard InChI is InChI=1S/C75H141NO5/c1-3-5-7-9-11-13-15-17-19-21-35-39-43-47-51-55-59-63-67-73(78)72(71-77)76-74(79)68-64-60-56-52-48-44-40-36-33-31-29-27-25-23-24-26-28-30-32-34-38-42-46-50-54-58-62-66-70-81-75(80)69-65-61-57-53-49-45-41-37-22-20-18-16-14-12-10-8-6-4-2/h14,16,20,22-24,63,67,72-73,77-78H,3-13,15,17-19,21,25-62,64-66,68-71H2,1-2H3,(H,76,79)/b16-14-,22-20-,24-23-,67-63+. The Morgan fingerprint density at radius 3 is 0.963 bits per heavy atom. The summed E-state index contributed by atoms with van der Waals surface area (Å²) in [6.45, 7) is 4.91. The molecule has 6 heteroatoms. The van der Waals surface area contributed by atoms with Crippen LogP contribution in [0.25, 0.3) is 0 Å². The van der Waals surface area contributed by atoms with Gasteiger partial charge in [0.25, 0.3) is 0 Å². The Hall–Kier alpha value is -2.18. The van der Waals surface area contributed by atoms with Gasteiger partial charge in [0.1, 0.15) is 0 Å². The topological polar surface area (TPSA) is 95.9 Å². The molecule has 0 aromatic heterocycles. The van der Waals surface area contributed by atoms with Gasteiger partial charge in [-0.3, -0.25) is 9.59 Å². The number of unbranched alkanes of at least 4 members (excludes halogenated alkanes) is 51. The van der Waals surface area contributed by atoms with Crippen LogP contribution in [0.15, 0.2) is 48.6 Å². The first-order valence-corrected chi connectivity index (χ1v) is 36.4. The van der Waals surface area contributed by atoms with Crippen LogP contribution in [0.2, 0.25) is 0 Å². The van der Waals surface area contributed by atoms with Crippen molar-refractivity contribution in [1.29, 1.82) is 0 Å². The highest BCUT2D eigenvalue weighted by atomic mass is 16.5. The van der Waals surface area contributed by atoms with E-state index in [4.69, 9.17) is 4.74 Å². The molecule has 0 rings (SSSR count). The largest absolute Gasteiger partial charge is 0.466 e. The minimum Gasteiger partial charge on any atom is -0.466 e. The van der Waals surface area contributed by atoms with E-state index in [1.54, 1.807) is 6.08 Å². The van der Waals surface area contributed by atoms with Crippen LogP contribution in [0.3, 0.4) is 0 Å². The van der Waals surface area contributed by atoms with Crippen LogP contribution in [0.4, 0.5) is 0 Å². The minimum atomic E-state index is -0.846. The molecule has 6 nitrogen and oxygen atoms in total. The molecule has 0 aliphatic rings. The van der Waals surface area contributed by atoms with E-state index in [0.29, 0.717) is 19.4 Å². The molecule has 0 aliphatic carbocycles. The molecular weight excluding hydrogens is 995 g/mol. The van der Waals surface area contributed by atoms with Crippen molar-refractivity contribution in [3.05, 3.63) is 48.6 Å². The molecule has 0 aromatic rings. The highest BCUT2D eigenvalue weighted by molar-refractivity contribution is 5.76. The third-order valence-corrected chi connectivity index (χ3v) is 16.8. The summed E-state index contributed by atoms with van der Waals surface area (Å²) >= 11 is 0. The zero-order valence-electron chi connectivity index (χ0n) is 54.5. The van der Waals surface area contributed by atoms with Crippen molar-refractivity contribution in [3.8, 4) is 0 Å². The van der Waals surface area contributed by atoms with Crippen molar-refractivity contribution in [2.24, 2.45) is 0 Å². The molecule has 0 heterocycles. The summed E-state index contributed by atoms with van der Waals surface area (Å²) in [4.78, 5) is 24.6. The second kappa shape index (κ2) is 70.3. The lowest BCUT2D eigenvalue weighted by Crippen LogP contribution is -2.45. The number of hydrogen-bond donors (Lipinski definition) is 3. The summed E-state index contributed by atoms with van der Waals surface area (Å²) < 4.78 is 5.50. The lowest BCUT2D eigenvalue weighted by Gasteiger charge is -2.20. The van der Waals surface area contributed by atoms with Crippen molar-refractivity contribution in [2.45, 2.75) is 405 Å². The number of amides is 1. The molecule has 81 heavy (non-hydrogen) atoms. The second-order valence-electron chi connectivity index (χ2n) is 24.9. The van der Waals surface area contributed by atoms with Crippen molar-refractivity contribution in [3.63, 3.8) is 0 Å². The van der Waals surface area contributed by atoms with Gasteiger partial charge in [-0.2, -0.15) is 0 Å². The lowest BCUT2D eigenvalue weighted by atomic mass is 10.0. The van der Waals surface area contributed by atoms with Crippen LogP contribution in [0.1, 0.15) is 393 Å². The Kier molecular flexibility index (Phi) is 68.4. The Labute approximate surface area is 506 Å². The third kappa shape index (κ3) is 66.8. The number of aliphatic hydroxyl groups is 2. The molecule has 476 valence electrons. The SMILES string of the molecule is CCCCCC/C=C\C/C=C\CCCCCCCCCC(=O)OCCCCCCCCCCCCCC/C=C\CCCCCCCCCCCCCCC(=O)NC(CO)C(O)/C=C/CCCCCCCCCCCCCCCCCC. The van der Waals surface area contributed by atoms with Gasteiger partial charge < -0.3 is 20.3 Å². The molecule has 0 fully saturated rings. The molecule has 0 radical (unpaired) electrons. The second-order valence-corrected chi connectivity index (χ2v) is 24.9. The zero-order valence-corrected chi connectivity index (χ0v) is 54.5. The molecule has 0 spiro atoms. The number of nitrogens with one attached hydrogen (secondary N) is 1. The number of aliphatic hydroxyl groups excluding tert-OH is 2. The van der Waals surface area contributed by atoms with Crippen molar-refractivity contribution in [1.82, 2.24) is 5.32 Å². The first-order valence-electron chi connectivity index (χ1n) is 36.4. The summed E-state index contributed by atoms with van der Waals surface area (Å²) in [5.74, 6) is -0.0569. The predicted octanol–water partition coefficient (Wildman–Crippen LogP) is 23.6. The molecule has 0 saturated carbocycles. The van der Waals surface area contributed by atoms with Gasteiger partial charge in [0, 0.05) is 12.8 Å². The zero-order chi connectivity index (χ0) is 58.5. The highest BCUT2D eigenvalue weighted by Crippen LogP contribution is 2.18. The van der Waals surface area contributed by atoms with Gasteiger partial charge in [-0.05, 0) is 89.9 Å². The number of ether oxygens (including phenoxy) is 1. The van der Waals surface area contributed by atoms with Crippen molar-refractivity contribution < 1.29 is 24.5 Å². The van der Waals surface area contributed by atoms with Gasteiger partial charge in [0.2, 0.25) is 5.91 Å². The van der Waals surface area contributed by atoms with Crippen LogP contribution >= 0.6 is 0 Å². The van der Waals surface area contributed by atoms with Gasteiger partial charge in [-0.1, -0.05) is 339 Å². The lowest BCUT2D eigenvalue weighted by molar-refractivity contribution is -0.143. The van der Waals surface area contributed by atoms with Gasteiger partial charge in [-0.25, -0.2) is 0 Å². The monoisotopic (exact) mass is 1140 g/mol. The van der Waals surface area contributed by atoms with Crippen LogP contribution in [-0.4, -0.2) is 47.4 Å². The van der Waals surface area contributed by atoms with E-state index in [2.05, 4.69) is 55.6 Å². The Balaban J connectivity index is 3.40. The van der Waals surface area contributed by atoms with Crippen LogP contribution in [-0.2, 0) is 14.3 Å². The number of carbonyl (C=O) groups excluding carboxylic acids is 2. The van der Waals surface area contributed by atoms with Gasteiger partial charge >= 0.3 is 5.97 Å². The fraction of sp³-hybridized carbons (Fsp3) is 0.867. The van der Waals surface area contributed by atoms with E-state index in [1.165, 1.54) is 315 Å². The average molecular weight is 1140 g/mol. The van der Waals surface area contributed by atoms with Gasteiger partial charge in [0.15, 0.2) is 0 Å². The van der Waals surface area contributed by atoms with Crippen LogP contribution in [0, 0.1) is 0 Å². The normalized spacial score (nSPS) is 12.8. The predicted molar refractivity (Wildman–Crippen MR) is 356 cm³/mol. The fourth-order valence-corrected chi connectivity index (χ4v) is 11.3. The van der Waals surface area contributed by atoms with Crippen LogP contribution in [0.5, 0.6) is 0 Å². The van der Waals surface area contributed by atoms with E-state index in [0.717, 1.165) is 51.4 Å². The molecule has 0 aromatic carbocycles. The molecule has 0 aliphatic heterocycles. The molecule has 1 amide bonds. The first kappa shape index (κ1) is 78.8. The number of rotatable bonds is 68. The van der Waals surface area contributed by atoms with Crippen molar-refractivity contribution >= 4 is 11.9 Å². The highest BCUT2D eigenvalue weighted by Gasteiger charge is 2.18. The van der Waals surface area contributed by atoms with E-state index < -0.39 is 12.1 Å². The van der Waals surface area contributed by atoms with Gasteiger partial charge in [-0.15, -0.1) is 0 Å². The Morgan fingerprint density at radius 1 is 0.346 bits per heavy atom.